The van der Waals surface area contributed by atoms with Crippen LogP contribution >= 0.6 is 0 Å². The number of methoxy groups -OCH3 is 1. The van der Waals surface area contributed by atoms with Crippen molar-refractivity contribution in [1.29, 1.82) is 0 Å². The summed E-state index contributed by atoms with van der Waals surface area (Å²) in [6, 6.07) is 1.41. The largest absolute Gasteiger partial charge is 0.494 e. The van der Waals surface area contributed by atoms with E-state index in [9.17, 15) is 9.59 Å². The van der Waals surface area contributed by atoms with Crippen LogP contribution in [0.25, 0.3) is 0 Å². The van der Waals surface area contributed by atoms with Crippen LogP contribution in [0.1, 0.15) is 0 Å². The van der Waals surface area contributed by atoms with Crippen LogP contribution in [-0.2, 0) is 0 Å². The van der Waals surface area contributed by atoms with Crippen LogP contribution in [0.4, 0.5) is 15.3 Å². The third-order valence-corrected chi connectivity index (χ3v) is 1.62. The fourth-order valence-electron chi connectivity index (χ4n) is 1.02. The molecule has 1 heterocycles. The fourth-order valence-corrected chi connectivity index (χ4v) is 1.02. The first-order valence-corrected chi connectivity index (χ1v) is 4.07. The van der Waals surface area contributed by atoms with Gasteiger partial charge in [-0.1, -0.05) is 0 Å². The molecule has 0 bridgehead atoms. The van der Waals surface area contributed by atoms with Gasteiger partial charge in [0, 0.05) is 12.3 Å². The highest BCUT2D eigenvalue weighted by Gasteiger charge is 2.20. The van der Waals surface area contributed by atoms with Crippen molar-refractivity contribution in [2.75, 3.05) is 12.1 Å². The van der Waals surface area contributed by atoms with Crippen molar-refractivity contribution >= 4 is 17.9 Å². The van der Waals surface area contributed by atoms with Gasteiger partial charge in [0.05, 0.1) is 13.3 Å². The molecule has 1 rings (SSSR count). The number of anilines is 1. The van der Waals surface area contributed by atoms with Gasteiger partial charge in [0.15, 0.2) is 0 Å². The summed E-state index contributed by atoms with van der Waals surface area (Å²) in [6.45, 7) is 0. The molecule has 0 atom stereocenters. The lowest BCUT2D eigenvalue weighted by Crippen LogP contribution is -2.45. The summed E-state index contributed by atoms with van der Waals surface area (Å²) in [5.74, 6) is 0.186. The highest BCUT2D eigenvalue weighted by molar-refractivity contribution is 5.90. The number of carboxylic acid groups (broad SMARTS) is 2. The molecule has 0 saturated carbocycles. The smallest absolute Gasteiger partial charge is 0.431 e. The lowest BCUT2D eigenvalue weighted by molar-refractivity contribution is 0.181. The minimum absolute atomic E-state index is 0.0140. The topological polar surface area (TPSA) is 112 Å². The van der Waals surface area contributed by atoms with Gasteiger partial charge in [-0.25, -0.2) is 15.0 Å². The van der Waals surface area contributed by atoms with E-state index in [1.54, 1.807) is 5.43 Å². The zero-order chi connectivity index (χ0) is 12.1. The van der Waals surface area contributed by atoms with E-state index in [1.807, 2.05) is 0 Å². The van der Waals surface area contributed by atoms with E-state index >= 15 is 0 Å². The third kappa shape index (κ3) is 2.50. The van der Waals surface area contributed by atoms with Crippen LogP contribution in [0.15, 0.2) is 18.5 Å². The molecule has 3 N–H and O–H groups in total. The Kier molecular flexibility index (Phi) is 3.49. The van der Waals surface area contributed by atoms with E-state index in [0.29, 0.717) is 5.01 Å². The summed E-state index contributed by atoms with van der Waals surface area (Å²) in [5.41, 5.74) is 1.69. The molecule has 0 saturated heterocycles. The predicted octanol–water partition coefficient (Wildman–Crippen LogP) is 0.757. The third-order valence-electron chi connectivity index (χ3n) is 1.62. The lowest BCUT2D eigenvalue weighted by Gasteiger charge is -2.19. The van der Waals surface area contributed by atoms with Crippen molar-refractivity contribution in [2.24, 2.45) is 0 Å². The minimum Gasteiger partial charge on any atom is -0.494 e. The first-order valence-electron chi connectivity index (χ1n) is 4.07. The SMILES string of the molecule is COc1ccncc1N(NC(=O)O)C(=O)O. The molecule has 0 unspecified atom stereocenters. The van der Waals surface area contributed by atoms with Crippen LogP contribution in [0.2, 0.25) is 0 Å². The number of pyridine rings is 1. The molecule has 0 spiro atoms. The highest BCUT2D eigenvalue weighted by Crippen LogP contribution is 2.25. The van der Waals surface area contributed by atoms with Crippen LogP contribution in [0, 0.1) is 0 Å². The Bertz CT molecular complexity index is 408. The average Bonchev–Trinajstić information content (AvgIpc) is 2.25. The van der Waals surface area contributed by atoms with Crippen molar-refractivity contribution in [3.8, 4) is 5.75 Å². The zero-order valence-electron chi connectivity index (χ0n) is 8.25. The Hall–Kier alpha value is -2.51. The Labute approximate surface area is 90.1 Å². The number of aromatic nitrogens is 1. The van der Waals surface area contributed by atoms with Crippen molar-refractivity contribution < 1.29 is 24.5 Å². The summed E-state index contributed by atoms with van der Waals surface area (Å²) in [4.78, 5) is 24.9. The second-order valence-electron chi connectivity index (χ2n) is 2.58. The lowest BCUT2D eigenvalue weighted by atomic mass is 10.4. The van der Waals surface area contributed by atoms with Gasteiger partial charge in [0.25, 0.3) is 0 Å². The number of rotatable bonds is 2. The van der Waals surface area contributed by atoms with E-state index in [0.717, 1.165) is 0 Å². The van der Waals surface area contributed by atoms with Crippen molar-refractivity contribution in [2.45, 2.75) is 0 Å². The van der Waals surface area contributed by atoms with Gasteiger partial charge in [0.1, 0.15) is 11.4 Å². The number of nitrogens with zero attached hydrogens (tertiary/aromatic N) is 2. The van der Waals surface area contributed by atoms with Gasteiger partial charge in [-0.15, -0.1) is 0 Å². The number of amides is 2. The Balaban J connectivity index is 3.10. The van der Waals surface area contributed by atoms with Gasteiger partial charge >= 0.3 is 12.2 Å². The predicted molar refractivity (Wildman–Crippen MR) is 52.5 cm³/mol. The molecule has 0 aliphatic rings. The fraction of sp³-hybridized carbons (Fsp3) is 0.125. The maximum absolute atomic E-state index is 10.8. The van der Waals surface area contributed by atoms with Crippen LogP contribution in [0.5, 0.6) is 5.75 Å². The second kappa shape index (κ2) is 4.82. The van der Waals surface area contributed by atoms with Crippen LogP contribution in [-0.4, -0.2) is 34.5 Å². The molecular formula is C8H9N3O5. The Morgan fingerprint density at radius 3 is 2.69 bits per heavy atom. The maximum Gasteiger partial charge on any atom is 0.431 e. The normalized spacial score (nSPS) is 9.31. The monoisotopic (exact) mass is 227 g/mol. The molecule has 0 fully saturated rings. The van der Waals surface area contributed by atoms with Gasteiger partial charge in [-0.3, -0.25) is 4.98 Å². The summed E-state index contributed by atoms with van der Waals surface area (Å²) in [6.07, 6.45) is -0.437. The van der Waals surface area contributed by atoms with E-state index < -0.39 is 12.2 Å². The van der Waals surface area contributed by atoms with Crippen LogP contribution in [0.3, 0.4) is 0 Å². The van der Waals surface area contributed by atoms with Gasteiger partial charge in [-0.05, 0) is 0 Å². The highest BCUT2D eigenvalue weighted by atomic mass is 16.5. The first-order chi connectivity index (χ1) is 7.56. The molecule has 0 aromatic carbocycles. The zero-order valence-corrected chi connectivity index (χ0v) is 8.25. The molecule has 2 amide bonds. The molecule has 86 valence electrons. The Morgan fingerprint density at radius 2 is 2.19 bits per heavy atom. The van der Waals surface area contributed by atoms with Crippen molar-refractivity contribution in [3.63, 3.8) is 0 Å². The van der Waals surface area contributed by atoms with Crippen molar-refractivity contribution in [1.82, 2.24) is 10.4 Å². The van der Waals surface area contributed by atoms with Gasteiger partial charge < -0.3 is 14.9 Å². The Morgan fingerprint density at radius 1 is 1.50 bits per heavy atom. The maximum atomic E-state index is 10.8. The number of hydrogen-bond acceptors (Lipinski definition) is 4. The first kappa shape index (κ1) is 11.6. The quantitative estimate of drug-likeness (QED) is 0.643. The molecule has 1 aromatic heterocycles. The molecule has 16 heavy (non-hydrogen) atoms. The van der Waals surface area contributed by atoms with E-state index in [2.05, 4.69) is 4.98 Å². The standard InChI is InChI=1S/C8H9N3O5/c1-16-6-2-3-9-4-5(6)11(8(14)15)10-7(12)13/h2-4,10H,1H3,(H,12,13)(H,14,15). The summed E-state index contributed by atoms with van der Waals surface area (Å²) < 4.78 is 4.88. The molecule has 1 aromatic rings. The molecule has 0 aliphatic carbocycles. The van der Waals surface area contributed by atoms with Crippen molar-refractivity contribution in [3.05, 3.63) is 18.5 Å². The van der Waals surface area contributed by atoms with E-state index in [-0.39, 0.29) is 11.4 Å². The minimum atomic E-state index is -1.51. The number of hydrogen-bond donors (Lipinski definition) is 3. The van der Waals surface area contributed by atoms with Gasteiger partial charge in [0.2, 0.25) is 0 Å². The van der Waals surface area contributed by atoms with Gasteiger partial charge in [-0.2, -0.15) is 5.01 Å². The summed E-state index contributed by atoms with van der Waals surface area (Å²) >= 11 is 0. The number of carbonyl (C=O) groups is 2. The second-order valence-corrected chi connectivity index (χ2v) is 2.58. The number of nitrogens with one attached hydrogen (secondary N) is 1. The van der Waals surface area contributed by atoms with E-state index in [1.165, 1.54) is 25.6 Å². The van der Waals surface area contributed by atoms with E-state index in [4.69, 9.17) is 14.9 Å². The number of hydrazine groups is 1. The molecular weight excluding hydrogens is 218 g/mol. The number of ether oxygens (including phenoxy) is 1. The van der Waals surface area contributed by atoms with Crippen LogP contribution < -0.4 is 15.2 Å². The molecule has 0 aliphatic heterocycles. The summed E-state index contributed by atoms with van der Waals surface area (Å²) in [7, 11) is 1.33. The molecule has 0 radical (unpaired) electrons. The molecule has 8 nitrogen and oxygen atoms in total. The summed E-state index contributed by atoms with van der Waals surface area (Å²) in [5, 5.41) is 17.7. The molecule has 8 heteroatoms. The average molecular weight is 227 g/mol.